The Morgan fingerprint density at radius 3 is 3.00 bits per heavy atom. The number of rotatable bonds is 2. The fourth-order valence-electron chi connectivity index (χ4n) is 2.22. The first-order valence-electron chi connectivity index (χ1n) is 5.14. The molecule has 0 aliphatic heterocycles. The molecule has 0 saturated carbocycles. The Morgan fingerprint density at radius 2 is 2.27 bits per heavy atom. The van der Waals surface area contributed by atoms with Crippen LogP contribution in [0.15, 0.2) is 18.5 Å². The Morgan fingerprint density at radius 1 is 1.47 bits per heavy atom. The molecule has 15 heavy (non-hydrogen) atoms. The van der Waals surface area contributed by atoms with Crippen LogP contribution < -0.4 is 0 Å². The van der Waals surface area contributed by atoms with E-state index >= 15 is 0 Å². The van der Waals surface area contributed by atoms with Gasteiger partial charge in [0.15, 0.2) is 0 Å². The second-order valence-electron chi connectivity index (χ2n) is 4.13. The monoisotopic (exact) mass is 275 g/mol. The molecule has 1 aromatic rings. The minimum atomic E-state index is 0.119. The molecule has 6 atom stereocenters. The number of aromatic nitrogens is 1. The molecule has 82 valence electrons. The molecule has 1 heterocycles. The van der Waals surface area contributed by atoms with E-state index in [4.69, 9.17) is 0 Å². The van der Waals surface area contributed by atoms with Crippen molar-refractivity contribution in [3.63, 3.8) is 0 Å². The molecule has 0 spiro atoms. The summed E-state index contributed by atoms with van der Waals surface area (Å²) >= 11 is 0. The number of hydrogen-bond acceptors (Lipinski definition) is 1. The third kappa shape index (κ3) is 2.76. The first kappa shape index (κ1) is 12.3. The molecule has 0 aromatic carbocycles. The largest absolute Gasteiger partial charge is 0.264 e. The lowest BCUT2D eigenvalue weighted by atomic mass is 9.86. The zero-order chi connectivity index (χ0) is 10.8. The van der Waals surface area contributed by atoms with E-state index in [0.29, 0.717) is 0 Å². The molecule has 0 N–H and O–H groups in total. The Labute approximate surface area is 99.2 Å². The van der Waals surface area contributed by atoms with Gasteiger partial charge in [-0.2, -0.15) is 0 Å². The normalized spacial score (nSPS) is 27.9. The van der Waals surface area contributed by atoms with Crippen molar-refractivity contribution in [1.82, 2.24) is 4.98 Å². The quantitative estimate of drug-likeness (QED) is 0.747. The zero-order valence-corrected chi connectivity index (χ0v) is 13.1. The van der Waals surface area contributed by atoms with Crippen molar-refractivity contribution in [3.05, 3.63) is 29.6 Å². The van der Waals surface area contributed by atoms with E-state index in [1.807, 2.05) is 6.20 Å². The summed E-state index contributed by atoms with van der Waals surface area (Å²) in [7, 11) is 7.12. The van der Waals surface area contributed by atoms with E-state index in [2.05, 4.69) is 42.0 Å². The van der Waals surface area contributed by atoms with Crippen LogP contribution in [0.2, 0.25) is 0 Å². The zero-order valence-electron chi connectivity index (χ0n) is 8.85. The fraction of sp³-hybridized carbons (Fsp3) is 0.500. The summed E-state index contributed by atoms with van der Waals surface area (Å²) in [5.74, 6) is 0.830. The lowest BCUT2D eigenvalue weighted by molar-refractivity contribution is 0.513. The highest BCUT2D eigenvalue weighted by molar-refractivity contribution is 8.61. The Balaban J connectivity index is 2.22. The third-order valence-electron chi connectivity index (χ3n) is 3.14. The van der Waals surface area contributed by atoms with Crippen molar-refractivity contribution in [3.8, 4) is 0 Å². The van der Waals surface area contributed by atoms with Gasteiger partial charge in [-0.1, -0.05) is 22.2 Å². The lowest BCUT2D eigenvalue weighted by Gasteiger charge is -2.34. The van der Waals surface area contributed by atoms with Crippen molar-refractivity contribution in [2.24, 2.45) is 5.92 Å². The van der Waals surface area contributed by atoms with Crippen LogP contribution in [0.25, 0.3) is 0 Å². The summed E-state index contributed by atoms with van der Waals surface area (Å²) in [5, 5.41) is 0. The van der Waals surface area contributed by atoms with Crippen LogP contribution in [0.4, 0.5) is 0 Å². The first-order chi connectivity index (χ1) is 7.22. The van der Waals surface area contributed by atoms with Gasteiger partial charge in [-0.25, -0.2) is 0 Å². The van der Waals surface area contributed by atoms with E-state index in [9.17, 15) is 0 Å². The van der Waals surface area contributed by atoms with Gasteiger partial charge < -0.3 is 0 Å². The molecule has 1 aliphatic rings. The number of hydrogen-bond donors (Lipinski definition) is 0. The van der Waals surface area contributed by atoms with Gasteiger partial charge in [0.1, 0.15) is 0 Å². The van der Waals surface area contributed by atoms with Crippen LogP contribution >= 0.6 is 33.1 Å². The summed E-state index contributed by atoms with van der Waals surface area (Å²) in [6.45, 7) is 2.40. The SMILES string of the molecule is C[C@H]1Cc2ccncc2C[C@H]1P(P)PP. The highest BCUT2D eigenvalue weighted by Gasteiger charge is 2.28. The average Bonchev–Trinajstić information content (AvgIpc) is 2.27. The molecule has 5 heteroatoms. The number of fused-ring (bicyclic) bond motifs is 1. The smallest absolute Gasteiger partial charge is 0.0302 e. The van der Waals surface area contributed by atoms with Gasteiger partial charge in [0.2, 0.25) is 0 Å². The van der Waals surface area contributed by atoms with Crippen LogP contribution in [0.5, 0.6) is 0 Å². The van der Waals surface area contributed by atoms with Gasteiger partial charge >= 0.3 is 0 Å². The molecule has 1 aliphatic carbocycles. The van der Waals surface area contributed by atoms with E-state index in [0.717, 1.165) is 19.5 Å². The highest BCUT2D eigenvalue weighted by Crippen LogP contribution is 2.71. The first-order valence-corrected chi connectivity index (χ1v) is 11.8. The topological polar surface area (TPSA) is 12.9 Å². The number of pyridine rings is 1. The van der Waals surface area contributed by atoms with Crippen LogP contribution in [0, 0.1) is 5.92 Å². The van der Waals surface area contributed by atoms with E-state index in [1.54, 1.807) is 0 Å². The van der Waals surface area contributed by atoms with Crippen molar-refractivity contribution >= 4 is 33.1 Å². The average molecular weight is 275 g/mol. The molecule has 0 saturated heterocycles. The molecule has 1 aromatic heterocycles. The van der Waals surface area contributed by atoms with Gasteiger partial charge in [-0.15, -0.1) is 17.9 Å². The van der Waals surface area contributed by atoms with Crippen molar-refractivity contribution in [2.75, 3.05) is 0 Å². The summed E-state index contributed by atoms with van der Waals surface area (Å²) < 4.78 is 0. The molecular weight excluding hydrogens is 258 g/mol. The van der Waals surface area contributed by atoms with Crippen molar-refractivity contribution < 1.29 is 0 Å². The minimum absolute atomic E-state index is 0.119. The van der Waals surface area contributed by atoms with Crippen molar-refractivity contribution in [1.29, 1.82) is 0 Å². The molecule has 4 unspecified atom stereocenters. The summed E-state index contributed by atoms with van der Waals surface area (Å²) in [4.78, 5) is 4.24. The van der Waals surface area contributed by atoms with Gasteiger partial charge in [-0.05, 0) is 41.6 Å². The van der Waals surface area contributed by atoms with Gasteiger partial charge in [0, 0.05) is 12.4 Å². The Kier molecular flexibility index (Phi) is 4.50. The van der Waals surface area contributed by atoms with Crippen LogP contribution in [-0.2, 0) is 12.8 Å². The summed E-state index contributed by atoms with van der Waals surface area (Å²) in [6.07, 6.45) is 6.46. The van der Waals surface area contributed by atoms with Crippen molar-refractivity contribution in [2.45, 2.75) is 25.4 Å². The molecule has 1 nitrogen and oxygen atoms in total. The Bertz CT molecular complexity index is 344. The molecule has 0 bridgehead atoms. The van der Waals surface area contributed by atoms with Crippen LogP contribution in [0.3, 0.4) is 0 Å². The number of nitrogens with zero attached hydrogens (tertiary/aromatic N) is 1. The van der Waals surface area contributed by atoms with E-state index in [1.165, 1.54) is 24.0 Å². The molecular formula is C10H17NP4. The van der Waals surface area contributed by atoms with Gasteiger partial charge in [-0.3, -0.25) is 4.98 Å². The van der Waals surface area contributed by atoms with E-state index < -0.39 is 0 Å². The summed E-state index contributed by atoms with van der Waals surface area (Å²) in [6, 6.07) is 2.19. The predicted molar refractivity (Wildman–Crippen MR) is 79.3 cm³/mol. The van der Waals surface area contributed by atoms with Gasteiger partial charge in [0.25, 0.3) is 0 Å². The standard InChI is InChI=1S/C10H17NP4/c1-7-4-8-2-3-11-6-9(8)5-10(7)15(13)14-12/h2-3,6-7,10,14H,4-5,12-13H2,1H3/t7-,10+,15?/m0/s1. The van der Waals surface area contributed by atoms with Crippen LogP contribution in [-0.4, -0.2) is 10.6 Å². The van der Waals surface area contributed by atoms with Crippen LogP contribution in [0.1, 0.15) is 18.1 Å². The second kappa shape index (κ2) is 5.47. The molecule has 0 radical (unpaired) electrons. The molecule has 0 fully saturated rings. The highest BCUT2D eigenvalue weighted by atomic mass is 32.6. The Hall–Kier alpha value is 0.870. The fourth-order valence-corrected chi connectivity index (χ4v) is 7.99. The maximum absolute atomic E-state index is 4.24. The third-order valence-corrected chi connectivity index (χ3v) is 14.6. The predicted octanol–water partition coefficient (Wildman–Crippen LogP) is 3.84. The van der Waals surface area contributed by atoms with E-state index in [-0.39, 0.29) is 7.30 Å². The van der Waals surface area contributed by atoms with Gasteiger partial charge in [0.05, 0.1) is 0 Å². The molecule has 2 rings (SSSR count). The lowest BCUT2D eigenvalue weighted by Crippen LogP contribution is -2.25. The maximum Gasteiger partial charge on any atom is 0.0302 e. The minimum Gasteiger partial charge on any atom is -0.264 e. The molecule has 0 amide bonds. The summed E-state index contributed by atoms with van der Waals surface area (Å²) in [5.41, 5.74) is 3.88. The second-order valence-corrected chi connectivity index (χ2v) is 13.7. The maximum atomic E-state index is 4.24.